The highest BCUT2D eigenvalue weighted by molar-refractivity contribution is 7.13. The summed E-state index contributed by atoms with van der Waals surface area (Å²) in [5.74, 6) is 0.685. The standard InChI is InChI=1S/C20H19FN2O3S/c1-25-17-6-2-14(3-7-17)20-23-16(13-27-20)10-11-22-19(24)12-26-18-8-4-15(21)5-9-18/h2-9,13H,10-12H2,1H3,(H,22,24). The van der Waals surface area contributed by atoms with Gasteiger partial charge < -0.3 is 14.8 Å². The first kappa shape index (κ1) is 18.8. The molecule has 3 aromatic rings. The molecular formula is C20H19FN2O3S. The monoisotopic (exact) mass is 386 g/mol. The number of ether oxygens (including phenoxy) is 2. The van der Waals surface area contributed by atoms with Gasteiger partial charge in [-0.1, -0.05) is 0 Å². The summed E-state index contributed by atoms with van der Waals surface area (Å²) in [6, 6.07) is 13.3. The number of hydrogen-bond acceptors (Lipinski definition) is 5. The van der Waals surface area contributed by atoms with Crippen molar-refractivity contribution < 1.29 is 18.7 Å². The maximum absolute atomic E-state index is 12.8. The van der Waals surface area contributed by atoms with Crippen LogP contribution in [0.25, 0.3) is 10.6 Å². The van der Waals surface area contributed by atoms with Crippen molar-refractivity contribution in [2.24, 2.45) is 0 Å². The number of amides is 1. The van der Waals surface area contributed by atoms with Crippen molar-refractivity contribution in [2.75, 3.05) is 20.3 Å². The second kappa shape index (κ2) is 9.14. The fourth-order valence-electron chi connectivity index (χ4n) is 2.35. The van der Waals surface area contributed by atoms with E-state index in [1.165, 1.54) is 24.3 Å². The largest absolute Gasteiger partial charge is 0.497 e. The summed E-state index contributed by atoms with van der Waals surface area (Å²) in [7, 11) is 1.63. The zero-order chi connectivity index (χ0) is 19.1. The highest BCUT2D eigenvalue weighted by atomic mass is 32.1. The van der Waals surface area contributed by atoms with Gasteiger partial charge in [0.2, 0.25) is 0 Å². The molecule has 5 nitrogen and oxygen atoms in total. The number of benzene rings is 2. The van der Waals surface area contributed by atoms with Crippen LogP contribution in [0.5, 0.6) is 11.5 Å². The molecule has 27 heavy (non-hydrogen) atoms. The zero-order valence-corrected chi connectivity index (χ0v) is 15.6. The maximum Gasteiger partial charge on any atom is 0.257 e. The van der Waals surface area contributed by atoms with Crippen molar-refractivity contribution in [3.8, 4) is 22.1 Å². The Labute approximate surface area is 160 Å². The molecule has 0 radical (unpaired) electrons. The number of nitrogens with zero attached hydrogens (tertiary/aromatic N) is 1. The van der Waals surface area contributed by atoms with Crippen molar-refractivity contribution in [3.05, 3.63) is 65.4 Å². The van der Waals surface area contributed by atoms with Gasteiger partial charge in [0.25, 0.3) is 5.91 Å². The highest BCUT2D eigenvalue weighted by Crippen LogP contribution is 2.25. The molecule has 0 unspecified atom stereocenters. The van der Waals surface area contributed by atoms with Gasteiger partial charge in [0.1, 0.15) is 22.3 Å². The van der Waals surface area contributed by atoms with Crippen LogP contribution in [0.15, 0.2) is 53.9 Å². The van der Waals surface area contributed by atoms with Crippen LogP contribution < -0.4 is 14.8 Å². The molecule has 1 heterocycles. The number of thiazole rings is 1. The van der Waals surface area contributed by atoms with E-state index < -0.39 is 0 Å². The van der Waals surface area contributed by atoms with Crippen LogP contribution in [0.4, 0.5) is 4.39 Å². The third-order valence-electron chi connectivity index (χ3n) is 3.78. The van der Waals surface area contributed by atoms with Crippen molar-refractivity contribution in [2.45, 2.75) is 6.42 Å². The summed E-state index contributed by atoms with van der Waals surface area (Å²) in [5, 5.41) is 5.70. The van der Waals surface area contributed by atoms with E-state index in [4.69, 9.17) is 9.47 Å². The Morgan fingerprint density at radius 3 is 2.52 bits per heavy atom. The molecular weight excluding hydrogens is 367 g/mol. The Balaban J connectivity index is 1.43. The molecule has 0 aliphatic rings. The van der Waals surface area contributed by atoms with E-state index in [9.17, 15) is 9.18 Å². The normalized spacial score (nSPS) is 10.4. The van der Waals surface area contributed by atoms with E-state index in [-0.39, 0.29) is 18.3 Å². The second-order valence-electron chi connectivity index (χ2n) is 5.72. The fourth-order valence-corrected chi connectivity index (χ4v) is 3.21. The summed E-state index contributed by atoms with van der Waals surface area (Å²) in [6.07, 6.45) is 0.634. The van der Waals surface area contributed by atoms with E-state index in [1.807, 2.05) is 29.6 Å². The lowest BCUT2D eigenvalue weighted by atomic mass is 10.2. The number of methoxy groups -OCH3 is 1. The van der Waals surface area contributed by atoms with E-state index in [0.29, 0.717) is 18.7 Å². The Hall–Kier alpha value is -2.93. The molecule has 2 aromatic carbocycles. The fraction of sp³-hybridized carbons (Fsp3) is 0.200. The van der Waals surface area contributed by atoms with Gasteiger partial charge >= 0.3 is 0 Å². The number of nitrogens with one attached hydrogen (secondary N) is 1. The summed E-state index contributed by atoms with van der Waals surface area (Å²) < 4.78 is 23.3. The van der Waals surface area contributed by atoms with Crippen LogP contribution in [0.2, 0.25) is 0 Å². The summed E-state index contributed by atoms with van der Waals surface area (Å²) in [5.41, 5.74) is 1.95. The minimum atomic E-state index is -0.343. The first-order valence-corrected chi connectivity index (χ1v) is 9.26. The second-order valence-corrected chi connectivity index (χ2v) is 6.57. The zero-order valence-electron chi connectivity index (χ0n) is 14.8. The van der Waals surface area contributed by atoms with Gasteiger partial charge in [-0.25, -0.2) is 9.37 Å². The molecule has 1 N–H and O–H groups in total. The van der Waals surface area contributed by atoms with Gasteiger partial charge in [0, 0.05) is 23.9 Å². The number of halogens is 1. The van der Waals surface area contributed by atoms with Gasteiger partial charge in [-0.3, -0.25) is 4.79 Å². The van der Waals surface area contributed by atoms with E-state index in [0.717, 1.165) is 22.0 Å². The number of aromatic nitrogens is 1. The smallest absolute Gasteiger partial charge is 0.257 e. The van der Waals surface area contributed by atoms with Crippen molar-refractivity contribution >= 4 is 17.2 Å². The average molecular weight is 386 g/mol. The number of carbonyl (C=O) groups is 1. The van der Waals surface area contributed by atoms with Crippen LogP contribution in [-0.2, 0) is 11.2 Å². The minimum Gasteiger partial charge on any atom is -0.497 e. The molecule has 0 spiro atoms. The molecule has 0 atom stereocenters. The molecule has 0 aliphatic heterocycles. The molecule has 0 fully saturated rings. The minimum absolute atomic E-state index is 0.111. The Morgan fingerprint density at radius 2 is 1.81 bits per heavy atom. The van der Waals surface area contributed by atoms with Crippen LogP contribution in [-0.4, -0.2) is 31.2 Å². The lowest BCUT2D eigenvalue weighted by Crippen LogP contribution is -2.30. The quantitative estimate of drug-likeness (QED) is 0.641. The molecule has 140 valence electrons. The molecule has 1 amide bonds. The lowest BCUT2D eigenvalue weighted by Gasteiger charge is -2.06. The van der Waals surface area contributed by atoms with Crippen LogP contribution >= 0.6 is 11.3 Å². The lowest BCUT2D eigenvalue weighted by molar-refractivity contribution is -0.123. The Kier molecular flexibility index (Phi) is 6.38. The predicted molar refractivity (Wildman–Crippen MR) is 103 cm³/mol. The number of rotatable bonds is 8. The van der Waals surface area contributed by atoms with E-state index in [2.05, 4.69) is 10.3 Å². The van der Waals surface area contributed by atoms with Crippen LogP contribution in [0, 0.1) is 5.82 Å². The molecule has 0 bridgehead atoms. The van der Waals surface area contributed by atoms with Crippen LogP contribution in [0.3, 0.4) is 0 Å². The molecule has 0 saturated carbocycles. The van der Waals surface area contributed by atoms with Gasteiger partial charge in [-0.05, 0) is 48.5 Å². The Bertz CT molecular complexity index is 879. The van der Waals surface area contributed by atoms with Crippen molar-refractivity contribution in [1.82, 2.24) is 10.3 Å². The molecule has 1 aromatic heterocycles. The van der Waals surface area contributed by atoms with Gasteiger partial charge in [0.15, 0.2) is 6.61 Å². The first-order chi connectivity index (χ1) is 13.1. The summed E-state index contributed by atoms with van der Waals surface area (Å²) in [6.45, 7) is 0.358. The number of carbonyl (C=O) groups excluding carboxylic acids is 1. The van der Waals surface area contributed by atoms with Gasteiger partial charge in [-0.15, -0.1) is 11.3 Å². The maximum atomic E-state index is 12.8. The molecule has 7 heteroatoms. The van der Waals surface area contributed by atoms with Gasteiger partial charge in [0.05, 0.1) is 12.8 Å². The van der Waals surface area contributed by atoms with E-state index >= 15 is 0 Å². The summed E-state index contributed by atoms with van der Waals surface area (Å²) >= 11 is 1.56. The van der Waals surface area contributed by atoms with Crippen LogP contribution in [0.1, 0.15) is 5.69 Å². The molecule has 3 rings (SSSR count). The van der Waals surface area contributed by atoms with E-state index in [1.54, 1.807) is 18.4 Å². The molecule has 0 aliphatic carbocycles. The molecule has 0 saturated heterocycles. The van der Waals surface area contributed by atoms with Gasteiger partial charge in [-0.2, -0.15) is 0 Å². The van der Waals surface area contributed by atoms with Crippen molar-refractivity contribution in [3.63, 3.8) is 0 Å². The van der Waals surface area contributed by atoms with Crippen molar-refractivity contribution in [1.29, 1.82) is 0 Å². The third-order valence-corrected chi connectivity index (χ3v) is 4.72. The predicted octanol–water partition coefficient (Wildman–Crippen LogP) is 3.70. The average Bonchev–Trinajstić information content (AvgIpc) is 3.16. The third kappa shape index (κ3) is 5.52. The SMILES string of the molecule is COc1ccc(-c2nc(CCNC(=O)COc3ccc(F)cc3)cs2)cc1. The number of hydrogen-bond donors (Lipinski definition) is 1. The summed E-state index contributed by atoms with van der Waals surface area (Å²) in [4.78, 5) is 16.4. The Morgan fingerprint density at radius 1 is 1.11 bits per heavy atom. The first-order valence-electron chi connectivity index (χ1n) is 8.38. The topological polar surface area (TPSA) is 60.5 Å². The highest BCUT2D eigenvalue weighted by Gasteiger charge is 2.07.